The molecule has 44 heavy (non-hydrogen) atoms. The smallest absolute Gasteiger partial charge is 0.379 e. The molecule has 0 unspecified atom stereocenters. The van der Waals surface area contributed by atoms with E-state index in [9.17, 15) is 22.4 Å². The second kappa shape index (κ2) is 12.2. The van der Waals surface area contributed by atoms with Gasteiger partial charge in [0.25, 0.3) is 5.91 Å². The number of likely N-dealkylation sites (tertiary alicyclic amines) is 1. The van der Waals surface area contributed by atoms with Gasteiger partial charge in [-0.15, -0.1) is 0 Å². The van der Waals surface area contributed by atoms with Gasteiger partial charge in [-0.3, -0.25) is 4.79 Å². The Balaban J connectivity index is 1.21. The van der Waals surface area contributed by atoms with Crippen molar-refractivity contribution < 1.29 is 31.6 Å². The van der Waals surface area contributed by atoms with Crippen LogP contribution in [0.4, 0.5) is 23.2 Å². The summed E-state index contributed by atoms with van der Waals surface area (Å²) < 4.78 is 69.8. The van der Waals surface area contributed by atoms with E-state index in [0.29, 0.717) is 41.7 Å². The summed E-state index contributed by atoms with van der Waals surface area (Å²) in [4.78, 5) is 19.1. The van der Waals surface area contributed by atoms with Gasteiger partial charge in [-0.25, -0.2) is 4.39 Å². The second-order valence-corrected chi connectivity index (χ2v) is 11.6. The van der Waals surface area contributed by atoms with Gasteiger partial charge in [-0.05, 0) is 57.0 Å². The number of piperidine rings is 1. The number of anilines is 1. The lowest BCUT2D eigenvalue weighted by atomic mass is 10.0. The summed E-state index contributed by atoms with van der Waals surface area (Å²) in [6.07, 6.45) is 1.47. The van der Waals surface area contributed by atoms with E-state index in [0.717, 1.165) is 23.8 Å². The van der Waals surface area contributed by atoms with Gasteiger partial charge in [0.15, 0.2) is 0 Å². The first-order valence-electron chi connectivity index (χ1n) is 14.7. The number of fused-ring (bicyclic) bond motifs is 1. The molecule has 1 amide bonds. The zero-order valence-corrected chi connectivity index (χ0v) is 24.5. The molecule has 1 aliphatic heterocycles. The van der Waals surface area contributed by atoms with Crippen LogP contribution in [0.5, 0.6) is 0 Å². The maximum atomic E-state index is 14.7. The molecule has 4 atom stereocenters. The average molecular weight is 618 g/mol. The number of carbonyl (C=O) groups excluding carboxylic acids is 1. The molecule has 2 fully saturated rings. The maximum Gasteiger partial charge on any atom is 0.406 e. The number of methoxy groups -OCH3 is 1. The molecule has 1 saturated carbocycles. The van der Waals surface area contributed by atoms with E-state index in [-0.39, 0.29) is 42.0 Å². The third-order valence-corrected chi connectivity index (χ3v) is 8.53. The zero-order chi connectivity index (χ0) is 31.0. The molecule has 4 heterocycles. The predicted octanol–water partition coefficient (Wildman–Crippen LogP) is 5.18. The Kier molecular flexibility index (Phi) is 8.38. The lowest BCUT2D eigenvalue weighted by Gasteiger charge is -2.33. The van der Waals surface area contributed by atoms with Crippen LogP contribution in [-0.4, -0.2) is 81.8 Å². The van der Waals surface area contributed by atoms with Gasteiger partial charge in [0.05, 0.1) is 41.5 Å². The molecule has 1 aliphatic carbocycles. The monoisotopic (exact) mass is 617 g/mol. The number of halogens is 4. The standard InChI is InChI=1S/C30H35F4N7O3/c1-39-11-10-20(31)22(16-39)36-21-5-3-6-23-19(21)13-25(41(23)17-30(32,33)34)28-37-27(44-38-28)14-35-29(42)18-9-12-40(15-18)24-7-4-8-26(24)43-2/h3,5-6,9,12-13,15,20,22,24,26,36H,4,7-8,10-11,14,16-17H2,1-2H3,(H,35,42)/t20-,22+,24+,26+/m0/s1. The third-order valence-electron chi connectivity index (χ3n) is 8.53. The van der Waals surface area contributed by atoms with Gasteiger partial charge in [0, 0.05) is 43.7 Å². The van der Waals surface area contributed by atoms with Crippen LogP contribution >= 0.6 is 0 Å². The summed E-state index contributed by atoms with van der Waals surface area (Å²) in [5, 5.41) is 10.4. The predicted molar refractivity (Wildman–Crippen MR) is 155 cm³/mol. The third kappa shape index (κ3) is 6.32. The Morgan fingerprint density at radius 1 is 1.20 bits per heavy atom. The van der Waals surface area contributed by atoms with Crippen molar-refractivity contribution in [3.63, 3.8) is 0 Å². The SMILES string of the molecule is CO[C@@H]1CCC[C@H]1n1ccc(C(=O)NCc2nc(-c3cc4c(N[C@@H]5CN(C)CC[C@@H]5F)cccc4n3CC(F)(F)F)no2)c1. The van der Waals surface area contributed by atoms with Crippen molar-refractivity contribution in [2.45, 2.75) is 69.3 Å². The molecule has 4 aromatic rings. The molecule has 6 rings (SSSR count). The number of hydrogen-bond acceptors (Lipinski definition) is 7. The van der Waals surface area contributed by atoms with Crippen LogP contribution in [0.2, 0.25) is 0 Å². The molecular formula is C30H35F4N7O3. The van der Waals surface area contributed by atoms with Gasteiger partial charge in [-0.2, -0.15) is 18.2 Å². The molecule has 1 saturated heterocycles. The molecule has 14 heteroatoms. The number of nitrogens with zero attached hydrogens (tertiary/aromatic N) is 5. The first kappa shape index (κ1) is 30.1. The second-order valence-electron chi connectivity index (χ2n) is 11.6. The van der Waals surface area contributed by atoms with Crippen LogP contribution < -0.4 is 10.6 Å². The summed E-state index contributed by atoms with van der Waals surface area (Å²) in [6.45, 7) is -0.291. The number of amides is 1. The Bertz CT molecular complexity index is 1610. The first-order valence-corrected chi connectivity index (χ1v) is 14.7. The number of rotatable bonds is 9. The molecule has 2 aliphatic rings. The lowest BCUT2D eigenvalue weighted by molar-refractivity contribution is -0.139. The highest BCUT2D eigenvalue weighted by atomic mass is 19.4. The van der Waals surface area contributed by atoms with E-state index in [4.69, 9.17) is 9.26 Å². The van der Waals surface area contributed by atoms with E-state index in [1.165, 1.54) is 0 Å². The Hall–Kier alpha value is -3.91. The number of likely N-dealkylation sites (N-methyl/N-ethyl adjacent to an activating group) is 1. The Morgan fingerprint density at radius 2 is 2.05 bits per heavy atom. The van der Waals surface area contributed by atoms with E-state index in [2.05, 4.69) is 20.8 Å². The molecule has 2 N–H and O–H groups in total. The summed E-state index contributed by atoms with van der Waals surface area (Å²) in [5.41, 5.74) is 1.36. The van der Waals surface area contributed by atoms with Crippen LogP contribution in [-0.2, 0) is 17.8 Å². The van der Waals surface area contributed by atoms with Crippen LogP contribution in [0, 0.1) is 0 Å². The molecule has 236 valence electrons. The highest BCUT2D eigenvalue weighted by molar-refractivity contribution is 5.96. The average Bonchev–Trinajstić information content (AvgIpc) is 3.79. The molecule has 0 bridgehead atoms. The first-order chi connectivity index (χ1) is 21.1. The van der Waals surface area contributed by atoms with Crippen molar-refractivity contribution in [3.05, 3.63) is 54.2 Å². The van der Waals surface area contributed by atoms with Gasteiger partial charge < -0.3 is 33.9 Å². The Labute approximate surface area is 251 Å². The minimum atomic E-state index is -4.53. The van der Waals surface area contributed by atoms with Crippen LogP contribution in [0.15, 0.2) is 47.2 Å². The van der Waals surface area contributed by atoms with Crippen LogP contribution in [0.3, 0.4) is 0 Å². The van der Waals surface area contributed by atoms with Crippen LogP contribution in [0.1, 0.15) is 48.0 Å². The maximum absolute atomic E-state index is 14.7. The number of carbonyl (C=O) groups is 1. The zero-order valence-electron chi connectivity index (χ0n) is 24.5. The highest BCUT2D eigenvalue weighted by Crippen LogP contribution is 2.35. The van der Waals surface area contributed by atoms with Crippen molar-refractivity contribution in [2.75, 3.05) is 32.6 Å². The summed E-state index contributed by atoms with van der Waals surface area (Å²) in [5.74, 6) is -0.369. The van der Waals surface area contributed by atoms with Gasteiger partial charge in [0.1, 0.15) is 12.7 Å². The number of nitrogens with one attached hydrogen (secondary N) is 2. The largest absolute Gasteiger partial charge is 0.406 e. The molecule has 0 spiro atoms. The summed E-state index contributed by atoms with van der Waals surface area (Å²) >= 11 is 0. The number of ether oxygens (including phenoxy) is 1. The lowest BCUT2D eigenvalue weighted by Crippen LogP contribution is -2.47. The number of alkyl halides is 4. The number of benzene rings is 1. The summed E-state index contributed by atoms with van der Waals surface area (Å²) in [6, 6.07) is 7.86. The number of aromatic nitrogens is 4. The van der Waals surface area contributed by atoms with Gasteiger partial charge in [0.2, 0.25) is 11.7 Å². The topological polar surface area (TPSA) is 102 Å². The molecular weight excluding hydrogens is 582 g/mol. The highest BCUT2D eigenvalue weighted by Gasteiger charge is 2.33. The van der Waals surface area contributed by atoms with E-state index in [1.807, 2.05) is 22.7 Å². The van der Waals surface area contributed by atoms with Crippen molar-refractivity contribution in [1.29, 1.82) is 0 Å². The van der Waals surface area contributed by atoms with Crippen molar-refractivity contribution >= 4 is 22.5 Å². The normalized spacial score (nSPS) is 23.0. The fourth-order valence-corrected chi connectivity index (χ4v) is 6.33. The van der Waals surface area contributed by atoms with E-state index < -0.39 is 24.9 Å². The van der Waals surface area contributed by atoms with E-state index in [1.54, 1.807) is 43.6 Å². The van der Waals surface area contributed by atoms with Crippen molar-refractivity contribution in [3.8, 4) is 11.5 Å². The minimum absolute atomic E-state index is 0.0377. The minimum Gasteiger partial charge on any atom is -0.379 e. The van der Waals surface area contributed by atoms with Crippen LogP contribution in [0.25, 0.3) is 22.4 Å². The molecule has 3 aromatic heterocycles. The molecule has 0 radical (unpaired) electrons. The summed E-state index contributed by atoms with van der Waals surface area (Å²) in [7, 11) is 3.59. The van der Waals surface area contributed by atoms with Gasteiger partial charge >= 0.3 is 6.18 Å². The quantitative estimate of drug-likeness (QED) is 0.250. The number of hydrogen-bond donors (Lipinski definition) is 2. The Morgan fingerprint density at radius 3 is 2.84 bits per heavy atom. The molecule has 10 nitrogen and oxygen atoms in total. The molecule has 1 aromatic carbocycles. The fraction of sp³-hybridized carbons (Fsp3) is 0.500. The van der Waals surface area contributed by atoms with Crippen molar-refractivity contribution in [2.24, 2.45) is 0 Å². The van der Waals surface area contributed by atoms with Gasteiger partial charge in [-0.1, -0.05) is 11.2 Å². The van der Waals surface area contributed by atoms with E-state index >= 15 is 0 Å². The fourth-order valence-electron chi connectivity index (χ4n) is 6.33. The van der Waals surface area contributed by atoms with Crippen molar-refractivity contribution in [1.82, 2.24) is 29.5 Å².